The standard InChI is InChI=1S/C21H17N5O2/c1-13-9-15(7-8-23-13)21-26-18(12-28-21)20(27)25-17-11-24-19(22)10-16(17)14-5-3-2-4-6-14/h2-12H,1H3,(H2,22,24)(H,25,27). The summed E-state index contributed by atoms with van der Waals surface area (Å²) in [5, 5.41) is 2.84. The molecular weight excluding hydrogens is 354 g/mol. The third-order valence-electron chi connectivity index (χ3n) is 4.14. The lowest BCUT2D eigenvalue weighted by Gasteiger charge is -2.10. The van der Waals surface area contributed by atoms with Gasteiger partial charge in [0.2, 0.25) is 5.89 Å². The molecule has 0 radical (unpaired) electrons. The fraction of sp³-hybridized carbons (Fsp3) is 0.0476. The van der Waals surface area contributed by atoms with E-state index >= 15 is 0 Å². The molecule has 0 bridgehead atoms. The molecule has 138 valence electrons. The van der Waals surface area contributed by atoms with Gasteiger partial charge in [-0.25, -0.2) is 9.97 Å². The summed E-state index contributed by atoms with van der Waals surface area (Å²) in [5.41, 5.74) is 9.81. The van der Waals surface area contributed by atoms with Crippen LogP contribution in [0.25, 0.3) is 22.6 Å². The molecule has 7 heteroatoms. The van der Waals surface area contributed by atoms with E-state index in [0.29, 0.717) is 17.4 Å². The zero-order valence-corrected chi connectivity index (χ0v) is 15.1. The highest BCUT2D eigenvalue weighted by Crippen LogP contribution is 2.29. The Kier molecular flexibility index (Phi) is 4.55. The minimum atomic E-state index is -0.399. The molecule has 3 N–H and O–H groups in total. The topological polar surface area (TPSA) is 107 Å². The number of hydrogen-bond donors (Lipinski definition) is 2. The minimum Gasteiger partial charge on any atom is -0.444 e. The van der Waals surface area contributed by atoms with Gasteiger partial charge in [-0.05, 0) is 30.7 Å². The van der Waals surface area contributed by atoms with Crippen molar-refractivity contribution in [3.8, 4) is 22.6 Å². The van der Waals surface area contributed by atoms with Gasteiger partial charge >= 0.3 is 0 Å². The molecule has 4 aromatic rings. The Morgan fingerprint density at radius 1 is 1.07 bits per heavy atom. The summed E-state index contributed by atoms with van der Waals surface area (Å²) in [6.45, 7) is 1.87. The first-order valence-electron chi connectivity index (χ1n) is 8.61. The van der Waals surface area contributed by atoms with Crippen LogP contribution in [0, 0.1) is 6.92 Å². The fourth-order valence-electron chi connectivity index (χ4n) is 2.80. The molecule has 7 nitrogen and oxygen atoms in total. The van der Waals surface area contributed by atoms with Crippen LogP contribution in [-0.4, -0.2) is 20.9 Å². The van der Waals surface area contributed by atoms with E-state index in [-0.39, 0.29) is 5.69 Å². The van der Waals surface area contributed by atoms with E-state index in [9.17, 15) is 4.79 Å². The number of benzene rings is 1. The molecule has 0 aliphatic carbocycles. The van der Waals surface area contributed by atoms with Gasteiger partial charge in [0.1, 0.15) is 12.1 Å². The lowest BCUT2D eigenvalue weighted by atomic mass is 10.1. The molecular formula is C21H17N5O2. The van der Waals surface area contributed by atoms with Crippen LogP contribution >= 0.6 is 0 Å². The molecule has 3 heterocycles. The molecule has 0 aliphatic rings. The number of oxazole rings is 1. The van der Waals surface area contributed by atoms with Crippen molar-refractivity contribution in [3.05, 3.63) is 78.6 Å². The van der Waals surface area contributed by atoms with Crippen LogP contribution in [0.5, 0.6) is 0 Å². The maximum Gasteiger partial charge on any atom is 0.277 e. The smallest absolute Gasteiger partial charge is 0.277 e. The van der Waals surface area contributed by atoms with Crippen molar-refractivity contribution in [3.63, 3.8) is 0 Å². The predicted molar refractivity (Wildman–Crippen MR) is 107 cm³/mol. The molecule has 28 heavy (non-hydrogen) atoms. The second-order valence-electron chi connectivity index (χ2n) is 6.20. The van der Waals surface area contributed by atoms with Gasteiger partial charge in [0.15, 0.2) is 5.69 Å². The van der Waals surface area contributed by atoms with Gasteiger partial charge in [-0.15, -0.1) is 0 Å². The number of rotatable bonds is 4. The van der Waals surface area contributed by atoms with Crippen LogP contribution in [0.2, 0.25) is 0 Å². The molecule has 0 spiro atoms. The van der Waals surface area contributed by atoms with Crippen LogP contribution in [0.1, 0.15) is 16.2 Å². The Bertz CT molecular complexity index is 1140. The first kappa shape index (κ1) is 17.4. The number of nitrogens with zero attached hydrogens (tertiary/aromatic N) is 3. The van der Waals surface area contributed by atoms with E-state index in [1.165, 1.54) is 12.5 Å². The van der Waals surface area contributed by atoms with Gasteiger partial charge in [0.25, 0.3) is 5.91 Å². The fourth-order valence-corrected chi connectivity index (χ4v) is 2.80. The van der Waals surface area contributed by atoms with Crippen LogP contribution in [0.4, 0.5) is 11.5 Å². The maximum atomic E-state index is 12.7. The summed E-state index contributed by atoms with van der Waals surface area (Å²) in [4.78, 5) is 25.2. The summed E-state index contributed by atoms with van der Waals surface area (Å²) >= 11 is 0. The highest BCUT2D eigenvalue weighted by atomic mass is 16.3. The largest absolute Gasteiger partial charge is 0.444 e. The Morgan fingerprint density at radius 3 is 2.68 bits per heavy atom. The Labute approximate surface area is 161 Å². The van der Waals surface area contributed by atoms with Crippen LogP contribution < -0.4 is 11.1 Å². The van der Waals surface area contributed by atoms with Crippen molar-refractivity contribution in [2.75, 3.05) is 11.1 Å². The van der Waals surface area contributed by atoms with E-state index in [1.807, 2.05) is 43.3 Å². The number of pyridine rings is 2. The molecule has 0 saturated heterocycles. The zero-order valence-electron chi connectivity index (χ0n) is 15.1. The van der Waals surface area contributed by atoms with Gasteiger partial charge in [0, 0.05) is 23.0 Å². The third-order valence-corrected chi connectivity index (χ3v) is 4.14. The average Bonchev–Trinajstić information content (AvgIpc) is 3.20. The molecule has 0 saturated carbocycles. The number of nitrogen functional groups attached to an aromatic ring is 1. The molecule has 4 rings (SSSR count). The van der Waals surface area contributed by atoms with Crippen LogP contribution in [0.15, 0.2) is 71.6 Å². The van der Waals surface area contributed by atoms with Gasteiger partial charge < -0.3 is 15.5 Å². The van der Waals surface area contributed by atoms with Crippen LogP contribution in [-0.2, 0) is 0 Å². The first-order chi connectivity index (χ1) is 13.6. The van der Waals surface area contributed by atoms with Crippen molar-refractivity contribution in [2.24, 2.45) is 0 Å². The van der Waals surface area contributed by atoms with Crippen molar-refractivity contribution in [2.45, 2.75) is 6.92 Å². The number of amides is 1. The predicted octanol–water partition coefficient (Wildman–Crippen LogP) is 3.94. The number of nitrogens with one attached hydrogen (secondary N) is 1. The lowest BCUT2D eigenvalue weighted by Crippen LogP contribution is -2.13. The number of carbonyl (C=O) groups is 1. The Hall–Kier alpha value is -4.00. The van der Waals surface area contributed by atoms with E-state index < -0.39 is 5.91 Å². The summed E-state index contributed by atoms with van der Waals surface area (Å²) in [6.07, 6.45) is 4.52. The SMILES string of the molecule is Cc1cc(-c2nc(C(=O)Nc3cnc(N)cc3-c3ccccc3)co2)ccn1. The number of anilines is 2. The maximum absolute atomic E-state index is 12.7. The number of aryl methyl sites for hydroxylation is 1. The monoisotopic (exact) mass is 371 g/mol. The molecule has 0 aliphatic heterocycles. The van der Waals surface area contributed by atoms with E-state index in [2.05, 4.69) is 20.3 Å². The number of hydrogen-bond acceptors (Lipinski definition) is 6. The summed E-state index contributed by atoms with van der Waals surface area (Å²) in [6, 6.07) is 15.0. The van der Waals surface area contributed by atoms with E-state index in [1.54, 1.807) is 18.3 Å². The molecule has 1 aromatic carbocycles. The average molecular weight is 371 g/mol. The number of aromatic nitrogens is 3. The van der Waals surface area contributed by atoms with Crippen molar-refractivity contribution in [1.82, 2.24) is 15.0 Å². The molecule has 1 amide bonds. The summed E-state index contributed by atoms with van der Waals surface area (Å²) in [5.74, 6) is 0.326. The van der Waals surface area contributed by atoms with E-state index in [4.69, 9.17) is 10.2 Å². The van der Waals surface area contributed by atoms with Gasteiger partial charge in [0.05, 0.1) is 11.9 Å². The second kappa shape index (κ2) is 7.32. The lowest BCUT2D eigenvalue weighted by molar-refractivity contribution is 0.102. The van der Waals surface area contributed by atoms with Gasteiger partial charge in [-0.3, -0.25) is 9.78 Å². The Morgan fingerprint density at radius 2 is 1.89 bits per heavy atom. The second-order valence-corrected chi connectivity index (χ2v) is 6.20. The van der Waals surface area contributed by atoms with Gasteiger partial charge in [-0.2, -0.15) is 0 Å². The van der Waals surface area contributed by atoms with Gasteiger partial charge in [-0.1, -0.05) is 30.3 Å². The molecule has 3 aromatic heterocycles. The third kappa shape index (κ3) is 3.59. The minimum absolute atomic E-state index is 0.167. The molecule has 0 unspecified atom stereocenters. The van der Waals surface area contributed by atoms with Crippen molar-refractivity contribution < 1.29 is 9.21 Å². The van der Waals surface area contributed by atoms with Crippen molar-refractivity contribution >= 4 is 17.4 Å². The number of nitrogens with two attached hydrogens (primary N) is 1. The van der Waals surface area contributed by atoms with E-state index in [0.717, 1.165) is 22.4 Å². The highest BCUT2D eigenvalue weighted by molar-refractivity contribution is 6.05. The summed E-state index contributed by atoms with van der Waals surface area (Å²) in [7, 11) is 0. The zero-order chi connectivity index (χ0) is 19.5. The molecule has 0 fully saturated rings. The number of carbonyl (C=O) groups excluding carboxylic acids is 1. The quantitative estimate of drug-likeness (QED) is 0.563. The Balaban J connectivity index is 1.61. The summed E-state index contributed by atoms with van der Waals surface area (Å²) < 4.78 is 5.46. The molecule has 0 atom stereocenters. The van der Waals surface area contributed by atoms with Crippen LogP contribution in [0.3, 0.4) is 0 Å². The highest BCUT2D eigenvalue weighted by Gasteiger charge is 2.16. The first-order valence-corrected chi connectivity index (χ1v) is 8.61. The van der Waals surface area contributed by atoms with Crippen molar-refractivity contribution in [1.29, 1.82) is 0 Å². The normalized spacial score (nSPS) is 10.6.